The third kappa shape index (κ3) is 2.62. The van der Waals surface area contributed by atoms with Crippen LogP contribution in [0.5, 0.6) is 0 Å². The minimum absolute atomic E-state index is 0.00508. The van der Waals surface area contributed by atoms with E-state index in [0.29, 0.717) is 31.2 Å². The number of likely N-dealkylation sites (tertiary alicyclic amines) is 1. The third-order valence-corrected chi connectivity index (χ3v) is 7.10. The molecule has 5 nitrogen and oxygen atoms in total. The number of fused-ring (bicyclic) bond motifs is 4. The molecule has 0 aliphatic carbocycles. The Labute approximate surface area is 158 Å². The lowest BCUT2D eigenvalue weighted by molar-refractivity contribution is 0.0589. The zero-order chi connectivity index (χ0) is 17.7. The van der Waals surface area contributed by atoms with Crippen molar-refractivity contribution in [1.29, 1.82) is 0 Å². The lowest BCUT2D eigenvalue weighted by Crippen LogP contribution is -2.49. The van der Waals surface area contributed by atoms with Crippen molar-refractivity contribution in [3.05, 3.63) is 62.8 Å². The van der Waals surface area contributed by atoms with Gasteiger partial charge in [-0.2, -0.15) is 0 Å². The Kier molecular flexibility index (Phi) is 3.79. The number of rotatable bonds is 2. The molecule has 2 atom stereocenters. The van der Waals surface area contributed by atoms with Crippen molar-refractivity contribution in [1.82, 2.24) is 14.5 Å². The van der Waals surface area contributed by atoms with Gasteiger partial charge in [0.15, 0.2) is 0 Å². The lowest BCUT2D eigenvalue weighted by atomic mass is 9.83. The van der Waals surface area contributed by atoms with Crippen LogP contribution >= 0.6 is 22.7 Å². The Bertz CT molecular complexity index is 1020. The van der Waals surface area contributed by atoms with E-state index in [2.05, 4.69) is 4.98 Å². The molecule has 3 aromatic heterocycles. The molecular formula is C19H17N3O2S2. The number of aromatic nitrogens is 2. The van der Waals surface area contributed by atoms with E-state index in [0.717, 1.165) is 22.0 Å². The molecule has 1 fully saturated rings. The van der Waals surface area contributed by atoms with E-state index in [-0.39, 0.29) is 17.4 Å². The molecule has 132 valence electrons. The smallest absolute Gasteiger partial charge is 0.273 e. The number of pyridine rings is 1. The maximum Gasteiger partial charge on any atom is 0.273 e. The summed E-state index contributed by atoms with van der Waals surface area (Å²) < 4.78 is 1.89. The first kappa shape index (κ1) is 16.0. The average molecular weight is 383 g/mol. The number of carbonyl (C=O) groups is 1. The number of nitrogens with zero attached hydrogens (tertiary/aromatic N) is 3. The molecule has 2 aliphatic heterocycles. The van der Waals surface area contributed by atoms with Gasteiger partial charge in [0.25, 0.3) is 11.5 Å². The van der Waals surface area contributed by atoms with E-state index in [9.17, 15) is 9.59 Å². The summed E-state index contributed by atoms with van der Waals surface area (Å²) in [6.45, 7) is 2.05. The fourth-order valence-corrected chi connectivity index (χ4v) is 5.72. The van der Waals surface area contributed by atoms with Gasteiger partial charge in [0, 0.05) is 42.7 Å². The fourth-order valence-electron chi connectivity index (χ4n) is 4.11. The number of thiophene rings is 1. The van der Waals surface area contributed by atoms with E-state index < -0.39 is 0 Å². The van der Waals surface area contributed by atoms with Gasteiger partial charge < -0.3 is 9.47 Å². The average Bonchev–Trinajstić information content (AvgIpc) is 3.33. The quantitative estimate of drug-likeness (QED) is 0.682. The molecule has 0 spiro atoms. The van der Waals surface area contributed by atoms with E-state index in [1.165, 1.54) is 11.3 Å². The summed E-state index contributed by atoms with van der Waals surface area (Å²) in [4.78, 5) is 32.7. The van der Waals surface area contributed by atoms with Crippen LogP contribution in [0.15, 0.2) is 45.9 Å². The van der Waals surface area contributed by atoms with Crippen LogP contribution in [-0.4, -0.2) is 33.4 Å². The van der Waals surface area contributed by atoms with E-state index in [1.54, 1.807) is 17.4 Å². The summed E-state index contributed by atoms with van der Waals surface area (Å²) in [6, 6.07) is 9.48. The Morgan fingerprint density at radius 2 is 2.04 bits per heavy atom. The minimum Gasteiger partial charge on any atom is -0.336 e. The zero-order valence-electron chi connectivity index (χ0n) is 14.0. The summed E-state index contributed by atoms with van der Waals surface area (Å²) in [7, 11) is 0. The molecule has 0 N–H and O–H groups in total. The maximum absolute atomic E-state index is 13.0. The van der Waals surface area contributed by atoms with Crippen molar-refractivity contribution in [3.63, 3.8) is 0 Å². The summed E-state index contributed by atoms with van der Waals surface area (Å²) in [5, 5.41) is 4.78. The van der Waals surface area contributed by atoms with Crippen LogP contribution in [0.1, 0.15) is 28.5 Å². The van der Waals surface area contributed by atoms with Crippen LogP contribution in [0.2, 0.25) is 0 Å². The second-order valence-electron chi connectivity index (χ2n) is 6.92. The first-order chi connectivity index (χ1) is 12.7. The highest BCUT2D eigenvalue weighted by molar-refractivity contribution is 7.20. The molecule has 26 heavy (non-hydrogen) atoms. The van der Waals surface area contributed by atoms with Crippen molar-refractivity contribution in [3.8, 4) is 9.88 Å². The van der Waals surface area contributed by atoms with E-state index in [4.69, 9.17) is 0 Å². The van der Waals surface area contributed by atoms with Gasteiger partial charge in [-0.3, -0.25) is 9.59 Å². The summed E-state index contributed by atoms with van der Waals surface area (Å²) in [6.07, 6.45) is 1.05. The van der Waals surface area contributed by atoms with Gasteiger partial charge in [-0.1, -0.05) is 12.1 Å². The molecule has 2 aliphatic rings. The molecule has 5 rings (SSSR count). The van der Waals surface area contributed by atoms with E-state index >= 15 is 0 Å². The van der Waals surface area contributed by atoms with Gasteiger partial charge in [0.2, 0.25) is 0 Å². The van der Waals surface area contributed by atoms with Gasteiger partial charge >= 0.3 is 0 Å². The summed E-state index contributed by atoms with van der Waals surface area (Å²) in [5.74, 6) is 0.571. The second kappa shape index (κ2) is 6.17. The first-order valence-corrected chi connectivity index (χ1v) is 10.4. The van der Waals surface area contributed by atoms with Gasteiger partial charge in [-0.25, -0.2) is 4.98 Å². The Hall–Kier alpha value is -2.25. The molecule has 1 amide bonds. The number of hydrogen-bond acceptors (Lipinski definition) is 5. The fraction of sp³-hybridized carbons (Fsp3) is 0.316. The van der Waals surface area contributed by atoms with Crippen LogP contribution in [-0.2, 0) is 6.54 Å². The predicted molar refractivity (Wildman–Crippen MR) is 103 cm³/mol. The Balaban J connectivity index is 1.41. The molecular weight excluding hydrogens is 366 g/mol. The lowest BCUT2D eigenvalue weighted by Gasteiger charge is -2.42. The topological polar surface area (TPSA) is 55.2 Å². The zero-order valence-corrected chi connectivity index (χ0v) is 15.6. The molecule has 0 unspecified atom stereocenters. The number of hydrogen-bond donors (Lipinski definition) is 0. The molecule has 7 heteroatoms. The molecule has 2 bridgehead atoms. The monoisotopic (exact) mass is 383 g/mol. The standard InChI is InChI=1S/C19H17N3O2S2/c23-17-5-1-3-15-13-7-12(9-22(15)17)8-21(10-13)19(24)14-11-26-18(20-14)16-4-2-6-25-16/h1-6,11-13H,7-10H2/t12-,13-/m0/s1. The van der Waals surface area contributed by atoms with Crippen molar-refractivity contribution in [2.24, 2.45) is 5.92 Å². The van der Waals surface area contributed by atoms with Gasteiger partial charge in [-0.05, 0) is 29.9 Å². The van der Waals surface area contributed by atoms with Gasteiger partial charge in [0.05, 0.1) is 4.88 Å². The SMILES string of the molecule is O=C(c1csc(-c2cccs2)n1)N1C[C@@H]2C[C@@H](C1)c1cccc(=O)n1C2. The minimum atomic E-state index is 0.00508. The highest BCUT2D eigenvalue weighted by Crippen LogP contribution is 2.36. The van der Waals surface area contributed by atoms with Crippen LogP contribution in [0, 0.1) is 5.92 Å². The number of carbonyl (C=O) groups excluding carboxylic acids is 1. The molecule has 0 saturated carbocycles. The normalized spacial score (nSPS) is 21.5. The number of thiazole rings is 1. The van der Waals surface area contributed by atoms with Gasteiger partial charge in [0.1, 0.15) is 10.7 Å². The Morgan fingerprint density at radius 1 is 1.12 bits per heavy atom. The van der Waals surface area contributed by atoms with Crippen molar-refractivity contribution >= 4 is 28.6 Å². The van der Waals surface area contributed by atoms with Crippen molar-refractivity contribution in [2.45, 2.75) is 18.9 Å². The predicted octanol–water partition coefficient (Wildman–Crippen LogP) is 3.29. The number of amides is 1. The Morgan fingerprint density at radius 3 is 2.88 bits per heavy atom. The molecule has 0 aromatic carbocycles. The maximum atomic E-state index is 13.0. The largest absolute Gasteiger partial charge is 0.336 e. The van der Waals surface area contributed by atoms with Crippen LogP contribution in [0.4, 0.5) is 0 Å². The van der Waals surface area contributed by atoms with Crippen LogP contribution in [0.3, 0.4) is 0 Å². The molecule has 1 saturated heterocycles. The molecule has 5 heterocycles. The first-order valence-electron chi connectivity index (χ1n) is 8.67. The summed E-state index contributed by atoms with van der Waals surface area (Å²) in [5.41, 5.74) is 1.66. The second-order valence-corrected chi connectivity index (χ2v) is 8.73. The highest BCUT2D eigenvalue weighted by atomic mass is 32.1. The van der Waals surface area contributed by atoms with Crippen molar-refractivity contribution < 1.29 is 4.79 Å². The van der Waals surface area contributed by atoms with Crippen LogP contribution in [0.25, 0.3) is 9.88 Å². The third-order valence-electron chi connectivity index (χ3n) is 5.22. The van der Waals surface area contributed by atoms with Crippen LogP contribution < -0.4 is 5.56 Å². The van der Waals surface area contributed by atoms with Gasteiger partial charge in [-0.15, -0.1) is 22.7 Å². The van der Waals surface area contributed by atoms with Crippen molar-refractivity contribution in [2.75, 3.05) is 13.1 Å². The molecule has 3 aromatic rings. The summed E-state index contributed by atoms with van der Waals surface area (Å²) >= 11 is 3.15. The number of piperidine rings is 1. The highest BCUT2D eigenvalue weighted by Gasteiger charge is 2.36. The van der Waals surface area contributed by atoms with E-state index in [1.807, 2.05) is 44.5 Å². The molecule has 0 radical (unpaired) electrons.